The molecule has 138 valence electrons. The number of rotatable bonds is 11. The minimum Gasteiger partial charge on any atom is -0.344 e. The molecule has 1 aromatic carbocycles. The van der Waals surface area contributed by atoms with Gasteiger partial charge in [-0.2, -0.15) is 0 Å². The molecule has 0 saturated carbocycles. The molecule has 0 fully saturated rings. The molecule has 1 atom stereocenters. The van der Waals surface area contributed by atoms with Gasteiger partial charge in [0.25, 0.3) is 6.29 Å². The average molecular weight is 362 g/mol. The van der Waals surface area contributed by atoms with Crippen LogP contribution in [-0.2, 0) is 13.9 Å². The van der Waals surface area contributed by atoms with E-state index in [9.17, 15) is 0 Å². The van der Waals surface area contributed by atoms with Crippen LogP contribution in [0.15, 0.2) is 36.4 Å². The molecule has 1 rings (SSSR count). The largest absolute Gasteiger partial charge is 0.399 e. The van der Waals surface area contributed by atoms with E-state index in [0.29, 0.717) is 13.2 Å². The fourth-order valence-corrected chi connectivity index (χ4v) is 3.47. The first-order valence-corrected chi connectivity index (χ1v) is 12.3. The number of benzene rings is 1. The van der Waals surface area contributed by atoms with Gasteiger partial charge in [-0.15, -0.1) is 0 Å². The van der Waals surface area contributed by atoms with Crippen LogP contribution in [0.4, 0.5) is 0 Å². The molecule has 0 aliphatic carbocycles. The van der Waals surface area contributed by atoms with Gasteiger partial charge in [0.2, 0.25) is 0 Å². The van der Waals surface area contributed by atoms with E-state index in [0.717, 1.165) is 18.4 Å². The highest BCUT2D eigenvalue weighted by Gasteiger charge is 2.50. The van der Waals surface area contributed by atoms with Crippen LogP contribution in [0, 0.1) is 6.57 Å². The molecule has 1 aromatic rings. The third kappa shape index (κ3) is 7.53. The number of hydrogen-bond acceptors (Lipinski definition) is 3. The highest BCUT2D eigenvalue weighted by atomic mass is 28.4. The van der Waals surface area contributed by atoms with Crippen LogP contribution < -0.4 is 0 Å². The second-order valence-corrected chi connectivity index (χ2v) is 11.3. The second-order valence-electron chi connectivity index (χ2n) is 6.90. The Morgan fingerprint density at radius 1 is 1.08 bits per heavy atom. The van der Waals surface area contributed by atoms with Crippen molar-refractivity contribution >= 4 is 14.4 Å². The molecule has 0 bridgehead atoms. The lowest BCUT2D eigenvalue weighted by atomic mass is 10.1. The van der Waals surface area contributed by atoms with Gasteiger partial charge in [-0.05, 0) is 44.1 Å². The Kier molecular flexibility index (Phi) is 9.08. The molecular weight excluding hydrogens is 330 g/mol. The van der Waals surface area contributed by atoms with Crippen LogP contribution in [0.5, 0.6) is 0 Å². The summed E-state index contributed by atoms with van der Waals surface area (Å²) in [5.74, 6) is 0. The molecule has 1 unspecified atom stereocenters. The standard InChI is InChI=1S/C20H31NO3Si/c1-7-16-22-19(23-17-8-2)20(21-3,24-25(4,5)6)15-14-18-12-10-9-11-13-18/h9-15,19H,7-8,16-17H2,1-2,4-6H3/b15-14+. The van der Waals surface area contributed by atoms with Crippen LogP contribution in [0.2, 0.25) is 19.6 Å². The number of hydrogen-bond donors (Lipinski definition) is 0. The average Bonchev–Trinajstić information content (AvgIpc) is 2.59. The highest BCUT2D eigenvalue weighted by Crippen LogP contribution is 2.30. The van der Waals surface area contributed by atoms with Crippen LogP contribution in [0.3, 0.4) is 0 Å². The van der Waals surface area contributed by atoms with Gasteiger partial charge in [-0.25, -0.2) is 6.57 Å². The molecule has 0 heterocycles. The van der Waals surface area contributed by atoms with Crippen LogP contribution >= 0.6 is 0 Å². The van der Waals surface area contributed by atoms with E-state index in [1.54, 1.807) is 6.08 Å². The first-order valence-electron chi connectivity index (χ1n) is 8.93. The zero-order chi connectivity index (χ0) is 18.8. The van der Waals surface area contributed by atoms with E-state index in [-0.39, 0.29) is 0 Å². The predicted octanol–water partition coefficient (Wildman–Crippen LogP) is 5.35. The minimum atomic E-state index is -2.02. The Morgan fingerprint density at radius 2 is 1.64 bits per heavy atom. The van der Waals surface area contributed by atoms with Gasteiger partial charge in [0.15, 0.2) is 8.32 Å². The summed E-state index contributed by atoms with van der Waals surface area (Å²) in [7, 11) is -2.02. The molecule has 0 radical (unpaired) electrons. The lowest BCUT2D eigenvalue weighted by Gasteiger charge is -2.32. The highest BCUT2D eigenvalue weighted by molar-refractivity contribution is 6.69. The van der Waals surface area contributed by atoms with E-state index in [1.807, 2.05) is 50.3 Å². The minimum absolute atomic E-state index is 0.528. The van der Waals surface area contributed by atoms with Gasteiger partial charge >= 0.3 is 5.72 Å². The van der Waals surface area contributed by atoms with Crippen LogP contribution in [0.1, 0.15) is 32.3 Å². The first-order chi connectivity index (χ1) is 11.9. The molecule has 0 saturated heterocycles. The zero-order valence-electron chi connectivity index (χ0n) is 16.1. The molecule has 5 heteroatoms. The normalized spacial score (nSPS) is 14.6. The maximum absolute atomic E-state index is 7.87. The van der Waals surface area contributed by atoms with Crippen molar-refractivity contribution in [1.82, 2.24) is 0 Å². The molecule has 0 aromatic heterocycles. The SMILES string of the molecule is [C-]#[N+]C(/C=C/c1ccccc1)(O[Si](C)(C)C)C(OCCC)OCCC. The van der Waals surface area contributed by atoms with Crippen molar-refractivity contribution in [2.45, 2.75) is 58.3 Å². The van der Waals surface area contributed by atoms with Gasteiger partial charge < -0.3 is 13.9 Å². The number of nitrogens with zero attached hydrogens (tertiary/aromatic N) is 1. The van der Waals surface area contributed by atoms with E-state index in [1.165, 1.54) is 0 Å². The zero-order valence-corrected chi connectivity index (χ0v) is 17.1. The van der Waals surface area contributed by atoms with Gasteiger partial charge in [0.05, 0.1) is 0 Å². The van der Waals surface area contributed by atoms with Crippen LogP contribution in [-0.4, -0.2) is 33.5 Å². The van der Waals surface area contributed by atoms with Crippen LogP contribution in [0.25, 0.3) is 10.9 Å². The van der Waals surface area contributed by atoms with E-state index in [2.05, 4.69) is 24.5 Å². The fraction of sp³-hybridized carbons (Fsp3) is 0.550. The third-order valence-electron chi connectivity index (χ3n) is 3.24. The molecule has 25 heavy (non-hydrogen) atoms. The third-order valence-corrected chi connectivity index (χ3v) is 4.18. The van der Waals surface area contributed by atoms with Crippen molar-refractivity contribution in [2.75, 3.05) is 13.2 Å². The van der Waals surface area contributed by atoms with Crippen molar-refractivity contribution in [3.63, 3.8) is 0 Å². The van der Waals surface area contributed by atoms with Gasteiger partial charge in [0, 0.05) is 19.3 Å². The second kappa shape index (κ2) is 10.5. The molecule has 0 spiro atoms. The monoisotopic (exact) mass is 361 g/mol. The topological polar surface area (TPSA) is 32.0 Å². The fourth-order valence-electron chi connectivity index (χ4n) is 2.28. The van der Waals surface area contributed by atoms with Gasteiger partial charge in [-0.3, -0.25) is 4.85 Å². The Balaban J connectivity index is 3.21. The molecule has 0 N–H and O–H groups in total. The lowest BCUT2D eigenvalue weighted by molar-refractivity contribution is -0.202. The molecule has 4 nitrogen and oxygen atoms in total. The summed E-state index contributed by atoms with van der Waals surface area (Å²) < 4.78 is 18.1. The molecule has 0 aliphatic rings. The van der Waals surface area contributed by atoms with E-state index >= 15 is 0 Å². The Bertz CT molecular complexity index is 555. The molecule has 0 aliphatic heterocycles. The Morgan fingerprint density at radius 3 is 2.08 bits per heavy atom. The summed E-state index contributed by atoms with van der Waals surface area (Å²) in [6.07, 6.45) is 4.68. The van der Waals surface area contributed by atoms with Gasteiger partial charge in [-0.1, -0.05) is 44.2 Å². The Hall–Kier alpha value is -1.45. The number of ether oxygens (including phenoxy) is 2. The summed E-state index contributed by atoms with van der Waals surface area (Å²) in [5.41, 5.74) is -0.260. The smallest absolute Gasteiger partial charge is 0.344 e. The van der Waals surface area contributed by atoms with Gasteiger partial charge in [0.1, 0.15) is 0 Å². The summed E-state index contributed by atoms with van der Waals surface area (Å²) in [4.78, 5) is 3.85. The quantitative estimate of drug-likeness (QED) is 0.303. The summed E-state index contributed by atoms with van der Waals surface area (Å²) >= 11 is 0. The van der Waals surface area contributed by atoms with Crippen molar-refractivity contribution in [3.05, 3.63) is 53.4 Å². The summed E-state index contributed by atoms with van der Waals surface area (Å²) in [6, 6.07) is 9.90. The van der Waals surface area contributed by atoms with Crippen molar-refractivity contribution in [2.24, 2.45) is 0 Å². The maximum Gasteiger partial charge on any atom is 0.399 e. The summed E-state index contributed by atoms with van der Waals surface area (Å²) in [6.45, 7) is 19.2. The maximum atomic E-state index is 7.87. The van der Waals surface area contributed by atoms with Crippen molar-refractivity contribution in [3.8, 4) is 0 Å². The lowest BCUT2D eigenvalue weighted by Crippen LogP contribution is -2.50. The Labute approximate surface area is 153 Å². The van der Waals surface area contributed by atoms with Crippen molar-refractivity contribution < 1.29 is 13.9 Å². The van der Waals surface area contributed by atoms with E-state index in [4.69, 9.17) is 20.5 Å². The first kappa shape index (κ1) is 21.6. The molecular formula is C20H31NO3Si. The predicted molar refractivity (Wildman–Crippen MR) is 106 cm³/mol. The van der Waals surface area contributed by atoms with E-state index < -0.39 is 20.3 Å². The molecule has 0 amide bonds. The summed E-state index contributed by atoms with van der Waals surface area (Å²) in [5, 5.41) is 0. The van der Waals surface area contributed by atoms with Crippen molar-refractivity contribution in [1.29, 1.82) is 0 Å².